The number of nitrogens with zero attached hydrogens (tertiary/aromatic N) is 1. The highest BCUT2D eigenvalue weighted by molar-refractivity contribution is 6.31. The summed E-state index contributed by atoms with van der Waals surface area (Å²) in [5.74, 6) is 1.17. The topological polar surface area (TPSA) is 34.2 Å². The van der Waals surface area contributed by atoms with Crippen LogP contribution in [0.1, 0.15) is 52.0 Å². The summed E-state index contributed by atoms with van der Waals surface area (Å²) in [4.78, 5) is 4.39. The van der Waals surface area contributed by atoms with Crippen LogP contribution in [0.4, 0.5) is 0 Å². The summed E-state index contributed by atoms with van der Waals surface area (Å²) in [7, 11) is 0. The zero-order chi connectivity index (χ0) is 14.5. The standard InChI is InChI=1S/C16H25ClN2O/c1-11(2)18-9-13-8-14(17)16(19-10-13)20-15-7-5-4-6-12(15)3/h8,10-12,15,18H,4-7,9H2,1-3H3. The molecule has 3 nitrogen and oxygen atoms in total. The van der Waals surface area contributed by atoms with Gasteiger partial charge in [-0.05, 0) is 36.8 Å². The largest absolute Gasteiger partial charge is 0.473 e. The molecule has 1 aromatic heterocycles. The lowest BCUT2D eigenvalue weighted by atomic mass is 9.88. The molecule has 4 heteroatoms. The number of hydrogen-bond acceptors (Lipinski definition) is 3. The van der Waals surface area contributed by atoms with E-state index in [1.165, 1.54) is 19.3 Å². The minimum absolute atomic E-state index is 0.258. The van der Waals surface area contributed by atoms with Crippen LogP contribution in [0.2, 0.25) is 5.02 Å². The lowest BCUT2D eigenvalue weighted by Crippen LogP contribution is -2.28. The van der Waals surface area contributed by atoms with Gasteiger partial charge in [-0.25, -0.2) is 4.98 Å². The first-order valence-corrected chi connectivity index (χ1v) is 7.98. The molecule has 1 aromatic rings. The molecule has 1 aliphatic rings. The predicted molar refractivity (Wildman–Crippen MR) is 83.3 cm³/mol. The van der Waals surface area contributed by atoms with E-state index in [0.717, 1.165) is 18.5 Å². The summed E-state index contributed by atoms with van der Waals surface area (Å²) in [6.45, 7) is 7.27. The molecule has 0 spiro atoms. The van der Waals surface area contributed by atoms with Crippen LogP contribution >= 0.6 is 11.6 Å². The maximum Gasteiger partial charge on any atom is 0.232 e. The first-order valence-electron chi connectivity index (χ1n) is 7.60. The molecule has 1 heterocycles. The van der Waals surface area contributed by atoms with E-state index in [9.17, 15) is 0 Å². The summed E-state index contributed by atoms with van der Waals surface area (Å²) < 4.78 is 6.02. The van der Waals surface area contributed by atoms with Gasteiger partial charge in [0.15, 0.2) is 0 Å². The number of pyridine rings is 1. The highest BCUT2D eigenvalue weighted by Gasteiger charge is 2.24. The summed E-state index contributed by atoms with van der Waals surface area (Å²) in [5, 5.41) is 3.97. The van der Waals surface area contributed by atoms with Gasteiger partial charge in [0.05, 0.1) is 0 Å². The molecule has 0 radical (unpaired) electrons. The van der Waals surface area contributed by atoms with Crippen LogP contribution in [0.25, 0.3) is 0 Å². The Morgan fingerprint density at radius 2 is 2.15 bits per heavy atom. The molecule has 0 amide bonds. The second kappa shape index (κ2) is 7.28. The van der Waals surface area contributed by atoms with Gasteiger partial charge >= 0.3 is 0 Å². The first-order chi connectivity index (χ1) is 9.56. The van der Waals surface area contributed by atoms with Gasteiger partial charge in [-0.1, -0.05) is 38.8 Å². The second-order valence-electron chi connectivity index (χ2n) is 6.08. The summed E-state index contributed by atoms with van der Waals surface area (Å²) >= 11 is 6.30. The van der Waals surface area contributed by atoms with E-state index >= 15 is 0 Å². The van der Waals surface area contributed by atoms with Gasteiger partial charge in [0.1, 0.15) is 11.1 Å². The van der Waals surface area contributed by atoms with E-state index in [2.05, 4.69) is 31.1 Å². The highest BCUT2D eigenvalue weighted by Crippen LogP contribution is 2.30. The average molecular weight is 297 g/mol. The fourth-order valence-corrected chi connectivity index (χ4v) is 2.80. The smallest absolute Gasteiger partial charge is 0.232 e. The van der Waals surface area contributed by atoms with E-state index in [4.69, 9.17) is 16.3 Å². The van der Waals surface area contributed by atoms with Crippen LogP contribution in [0.5, 0.6) is 5.88 Å². The Morgan fingerprint density at radius 1 is 1.40 bits per heavy atom. The molecular formula is C16H25ClN2O. The van der Waals surface area contributed by atoms with Crippen LogP contribution in [0.3, 0.4) is 0 Å². The second-order valence-corrected chi connectivity index (χ2v) is 6.49. The molecule has 0 saturated heterocycles. The van der Waals surface area contributed by atoms with Gasteiger partial charge in [0.25, 0.3) is 0 Å². The Morgan fingerprint density at radius 3 is 2.80 bits per heavy atom. The Kier molecular flexibility index (Phi) is 5.67. The van der Waals surface area contributed by atoms with Crippen LogP contribution < -0.4 is 10.1 Å². The molecule has 1 aliphatic carbocycles. The fourth-order valence-electron chi connectivity index (χ4n) is 2.57. The third kappa shape index (κ3) is 4.35. The molecule has 1 saturated carbocycles. The Hall–Kier alpha value is -0.800. The van der Waals surface area contributed by atoms with Crippen molar-refractivity contribution in [1.82, 2.24) is 10.3 Å². The summed E-state index contributed by atoms with van der Waals surface area (Å²) in [6, 6.07) is 2.40. The molecule has 2 atom stereocenters. The fraction of sp³-hybridized carbons (Fsp3) is 0.688. The van der Waals surface area contributed by atoms with Crippen molar-refractivity contribution >= 4 is 11.6 Å². The van der Waals surface area contributed by atoms with Gasteiger partial charge in [0.2, 0.25) is 5.88 Å². The molecule has 2 rings (SSSR count). The van der Waals surface area contributed by atoms with E-state index in [-0.39, 0.29) is 6.10 Å². The number of hydrogen-bond donors (Lipinski definition) is 1. The quantitative estimate of drug-likeness (QED) is 0.884. The molecule has 2 unspecified atom stereocenters. The van der Waals surface area contributed by atoms with E-state index in [0.29, 0.717) is 22.9 Å². The van der Waals surface area contributed by atoms with Crippen LogP contribution in [0, 0.1) is 5.92 Å². The Labute approximate surface area is 127 Å². The van der Waals surface area contributed by atoms with Crippen molar-refractivity contribution < 1.29 is 4.74 Å². The Bertz CT molecular complexity index is 436. The minimum Gasteiger partial charge on any atom is -0.473 e. The number of aromatic nitrogens is 1. The van der Waals surface area contributed by atoms with Gasteiger partial charge in [-0.15, -0.1) is 0 Å². The molecular weight excluding hydrogens is 272 g/mol. The van der Waals surface area contributed by atoms with Crippen LogP contribution in [-0.2, 0) is 6.54 Å². The third-order valence-corrected chi connectivity index (χ3v) is 4.15. The first kappa shape index (κ1) is 15.6. The SMILES string of the molecule is CC(C)NCc1cnc(OC2CCCCC2C)c(Cl)c1. The van der Waals surface area contributed by atoms with E-state index < -0.39 is 0 Å². The lowest BCUT2D eigenvalue weighted by molar-refractivity contribution is 0.0976. The van der Waals surface area contributed by atoms with Crippen molar-refractivity contribution in [3.05, 3.63) is 22.8 Å². The normalized spacial score (nSPS) is 23.1. The zero-order valence-electron chi connectivity index (χ0n) is 12.7. The lowest BCUT2D eigenvalue weighted by Gasteiger charge is -2.29. The highest BCUT2D eigenvalue weighted by atomic mass is 35.5. The van der Waals surface area contributed by atoms with Gasteiger partial charge in [-0.3, -0.25) is 0 Å². The minimum atomic E-state index is 0.258. The van der Waals surface area contributed by atoms with Gasteiger partial charge in [-0.2, -0.15) is 0 Å². The Balaban J connectivity index is 1.98. The monoisotopic (exact) mass is 296 g/mol. The maximum atomic E-state index is 6.30. The maximum absolute atomic E-state index is 6.30. The molecule has 20 heavy (non-hydrogen) atoms. The summed E-state index contributed by atoms with van der Waals surface area (Å²) in [5.41, 5.74) is 1.09. The van der Waals surface area contributed by atoms with Crippen molar-refractivity contribution in [3.8, 4) is 5.88 Å². The van der Waals surface area contributed by atoms with E-state index in [1.807, 2.05) is 12.3 Å². The number of rotatable bonds is 5. The molecule has 1 N–H and O–H groups in total. The van der Waals surface area contributed by atoms with Crippen LogP contribution in [-0.4, -0.2) is 17.1 Å². The van der Waals surface area contributed by atoms with Crippen molar-refractivity contribution in [1.29, 1.82) is 0 Å². The summed E-state index contributed by atoms with van der Waals surface area (Å²) in [6.07, 6.45) is 7.00. The van der Waals surface area contributed by atoms with Crippen LogP contribution in [0.15, 0.2) is 12.3 Å². The molecule has 112 valence electrons. The van der Waals surface area contributed by atoms with Gasteiger partial charge in [0, 0.05) is 18.8 Å². The molecule has 1 fully saturated rings. The average Bonchev–Trinajstić information content (AvgIpc) is 2.41. The molecule has 0 bridgehead atoms. The van der Waals surface area contributed by atoms with Gasteiger partial charge < -0.3 is 10.1 Å². The molecule has 0 aromatic carbocycles. The number of ether oxygens (including phenoxy) is 1. The number of nitrogens with one attached hydrogen (secondary N) is 1. The number of halogens is 1. The molecule has 0 aliphatic heterocycles. The van der Waals surface area contributed by atoms with Crippen molar-refractivity contribution in [2.24, 2.45) is 5.92 Å². The zero-order valence-corrected chi connectivity index (χ0v) is 13.4. The van der Waals surface area contributed by atoms with Crippen molar-refractivity contribution in [2.75, 3.05) is 0 Å². The van der Waals surface area contributed by atoms with E-state index in [1.54, 1.807) is 0 Å². The third-order valence-electron chi connectivity index (χ3n) is 3.87. The predicted octanol–water partition coefficient (Wildman–Crippen LogP) is 4.19. The van der Waals surface area contributed by atoms with Crippen molar-refractivity contribution in [3.63, 3.8) is 0 Å². The van der Waals surface area contributed by atoms with Crippen molar-refractivity contribution in [2.45, 2.75) is 65.1 Å².